The molecule has 20 heavy (non-hydrogen) atoms. The number of amides is 1. The SMILES string of the molecule is CCCNc1ccc(NC(=O)c2ccc(F)cc2)cc1. The highest BCUT2D eigenvalue weighted by Gasteiger charge is 2.05. The maximum atomic E-state index is 12.8. The van der Waals surface area contributed by atoms with Crippen LogP contribution in [0.1, 0.15) is 23.7 Å². The van der Waals surface area contributed by atoms with Gasteiger partial charge in [-0.3, -0.25) is 4.79 Å². The number of benzene rings is 2. The molecule has 0 aromatic heterocycles. The molecular formula is C16H17FN2O. The number of rotatable bonds is 5. The third kappa shape index (κ3) is 3.82. The van der Waals surface area contributed by atoms with E-state index in [1.807, 2.05) is 24.3 Å². The van der Waals surface area contributed by atoms with E-state index in [1.165, 1.54) is 24.3 Å². The zero-order valence-corrected chi connectivity index (χ0v) is 11.3. The Morgan fingerprint density at radius 1 is 1.00 bits per heavy atom. The first-order valence-corrected chi connectivity index (χ1v) is 6.60. The van der Waals surface area contributed by atoms with Crippen molar-refractivity contribution >= 4 is 17.3 Å². The van der Waals surface area contributed by atoms with Gasteiger partial charge in [-0.1, -0.05) is 6.92 Å². The molecule has 0 bridgehead atoms. The first-order valence-electron chi connectivity index (χ1n) is 6.60. The topological polar surface area (TPSA) is 41.1 Å². The number of halogens is 1. The molecule has 2 aromatic rings. The maximum Gasteiger partial charge on any atom is 0.255 e. The van der Waals surface area contributed by atoms with Crippen LogP contribution in [0.5, 0.6) is 0 Å². The van der Waals surface area contributed by atoms with Gasteiger partial charge in [0, 0.05) is 23.5 Å². The molecule has 2 N–H and O–H groups in total. The lowest BCUT2D eigenvalue weighted by Gasteiger charge is -2.08. The van der Waals surface area contributed by atoms with Gasteiger partial charge in [-0.2, -0.15) is 0 Å². The largest absolute Gasteiger partial charge is 0.385 e. The van der Waals surface area contributed by atoms with Gasteiger partial charge in [0.2, 0.25) is 0 Å². The van der Waals surface area contributed by atoms with Crippen molar-refractivity contribution in [1.29, 1.82) is 0 Å². The van der Waals surface area contributed by atoms with Gasteiger partial charge < -0.3 is 10.6 Å². The maximum absolute atomic E-state index is 12.8. The fourth-order valence-electron chi connectivity index (χ4n) is 1.75. The lowest BCUT2D eigenvalue weighted by atomic mass is 10.2. The van der Waals surface area contributed by atoms with Crippen LogP contribution in [0.2, 0.25) is 0 Å². The summed E-state index contributed by atoms with van der Waals surface area (Å²) in [5.41, 5.74) is 2.16. The molecule has 0 unspecified atom stereocenters. The molecule has 0 saturated heterocycles. The molecule has 0 heterocycles. The average molecular weight is 272 g/mol. The van der Waals surface area contributed by atoms with Gasteiger partial charge in [-0.25, -0.2) is 4.39 Å². The summed E-state index contributed by atoms with van der Waals surface area (Å²) in [5.74, 6) is -0.604. The molecule has 0 aliphatic rings. The Morgan fingerprint density at radius 2 is 1.60 bits per heavy atom. The van der Waals surface area contributed by atoms with E-state index in [2.05, 4.69) is 17.6 Å². The summed E-state index contributed by atoms with van der Waals surface area (Å²) >= 11 is 0. The standard InChI is InChI=1S/C16H17FN2O/c1-2-11-18-14-7-9-15(10-8-14)19-16(20)12-3-5-13(17)6-4-12/h3-10,18H,2,11H2,1H3,(H,19,20). The van der Waals surface area contributed by atoms with Crippen molar-refractivity contribution in [2.75, 3.05) is 17.2 Å². The molecule has 2 rings (SSSR count). The zero-order valence-electron chi connectivity index (χ0n) is 11.3. The molecule has 0 aliphatic carbocycles. The quantitative estimate of drug-likeness (QED) is 0.866. The predicted octanol–water partition coefficient (Wildman–Crippen LogP) is 3.90. The Balaban J connectivity index is 1.99. The van der Waals surface area contributed by atoms with E-state index in [9.17, 15) is 9.18 Å². The van der Waals surface area contributed by atoms with E-state index in [-0.39, 0.29) is 11.7 Å². The third-order valence-corrected chi connectivity index (χ3v) is 2.83. The van der Waals surface area contributed by atoms with Crippen LogP contribution in [-0.2, 0) is 0 Å². The van der Waals surface area contributed by atoms with Crippen LogP contribution < -0.4 is 10.6 Å². The van der Waals surface area contributed by atoms with Crippen LogP contribution in [0.25, 0.3) is 0 Å². The second-order valence-corrected chi connectivity index (χ2v) is 4.47. The summed E-state index contributed by atoms with van der Waals surface area (Å²) in [4.78, 5) is 11.9. The van der Waals surface area contributed by atoms with Crippen LogP contribution in [0, 0.1) is 5.82 Å². The van der Waals surface area contributed by atoms with Crippen LogP contribution >= 0.6 is 0 Å². The highest BCUT2D eigenvalue weighted by molar-refractivity contribution is 6.04. The monoisotopic (exact) mass is 272 g/mol. The predicted molar refractivity (Wildman–Crippen MR) is 79.6 cm³/mol. The number of hydrogen-bond donors (Lipinski definition) is 2. The Bertz CT molecular complexity index is 564. The van der Waals surface area contributed by atoms with E-state index in [0.29, 0.717) is 11.3 Å². The Hall–Kier alpha value is -2.36. The van der Waals surface area contributed by atoms with E-state index in [1.54, 1.807) is 0 Å². The van der Waals surface area contributed by atoms with Gasteiger partial charge in [-0.15, -0.1) is 0 Å². The van der Waals surface area contributed by atoms with Gasteiger partial charge in [0.25, 0.3) is 5.91 Å². The normalized spacial score (nSPS) is 10.1. The minimum absolute atomic E-state index is 0.251. The highest BCUT2D eigenvalue weighted by atomic mass is 19.1. The van der Waals surface area contributed by atoms with Crippen molar-refractivity contribution in [2.45, 2.75) is 13.3 Å². The van der Waals surface area contributed by atoms with Gasteiger partial charge in [0.05, 0.1) is 0 Å². The number of anilines is 2. The second-order valence-electron chi connectivity index (χ2n) is 4.47. The molecule has 4 heteroatoms. The zero-order chi connectivity index (χ0) is 14.4. The summed E-state index contributed by atoms with van der Waals surface area (Å²) in [5, 5.41) is 6.03. The van der Waals surface area contributed by atoms with E-state index >= 15 is 0 Å². The molecule has 104 valence electrons. The second kappa shape index (κ2) is 6.70. The summed E-state index contributed by atoms with van der Waals surface area (Å²) in [6.45, 7) is 3.02. The van der Waals surface area contributed by atoms with Crippen LogP contribution in [0.3, 0.4) is 0 Å². The Morgan fingerprint density at radius 3 is 2.20 bits per heavy atom. The summed E-state index contributed by atoms with van der Waals surface area (Å²) < 4.78 is 12.8. The van der Waals surface area contributed by atoms with Crippen LogP contribution in [-0.4, -0.2) is 12.5 Å². The van der Waals surface area contributed by atoms with E-state index < -0.39 is 0 Å². The molecule has 1 amide bonds. The van der Waals surface area contributed by atoms with Crippen molar-refractivity contribution in [3.05, 3.63) is 59.9 Å². The third-order valence-electron chi connectivity index (χ3n) is 2.83. The van der Waals surface area contributed by atoms with Crippen LogP contribution in [0.15, 0.2) is 48.5 Å². The summed E-state index contributed by atoms with van der Waals surface area (Å²) in [6, 6.07) is 13.0. The fraction of sp³-hybridized carbons (Fsp3) is 0.188. The summed E-state index contributed by atoms with van der Waals surface area (Å²) in [7, 11) is 0. The van der Waals surface area contributed by atoms with Gasteiger partial charge in [-0.05, 0) is 55.0 Å². The Kier molecular flexibility index (Phi) is 4.71. The van der Waals surface area contributed by atoms with Gasteiger partial charge >= 0.3 is 0 Å². The van der Waals surface area contributed by atoms with E-state index in [0.717, 1.165) is 18.7 Å². The molecule has 0 fully saturated rings. The first kappa shape index (κ1) is 14.1. The van der Waals surface area contributed by atoms with Crippen molar-refractivity contribution in [2.24, 2.45) is 0 Å². The smallest absolute Gasteiger partial charge is 0.255 e. The molecule has 0 radical (unpaired) electrons. The molecule has 0 saturated carbocycles. The molecule has 0 aliphatic heterocycles. The molecule has 0 spiro atoms. The molecular weight excluding hydrogens is 255 g/mol. The Labute approximate surface area is 117 Å². The average Bonchev–Trinajstić information content (AvgIpc) is 2.47. The van der Waals surface area contributed by atoms with Crippen molar-refractivity contribution in [1.82, 2.24) is 0 Å². The lowest BCUT2D eigenvalue weighted by molar-refractivity contribution is 0.102. The molecule has 0 atom stereocenters. The molecule has 3 nitrogen and oxygen atoms in total. The molecule has 2 aromatic carbocycles. The highest BCUT2D eigenvalue weighted by Crippen LogP contribution is 2.14. The number of carbonyl (C=O) groups excluding carboxylic acids is 1. The lowest BCUT2D eigenvalue weighted by Crippen LogP contribution is -2.11. The number of hydrogen-bond acceptors (Lipinski definition) is 2. The minimum Gasteiger partial charge on any atom is -0.385 e. The van der Waals surface area contributed by atoms with E-state index in [4.69, 9.17) is 0 Å². The number of carbonyl (C=O) groups is 1. The summed E-state index contributed by atoms with van der Waals surface area (Å²) in [6.07, 6.45) is 1.06. The van der Waals surface area contributed by atoms with Gasteiger partial charge in [0.15, 0.2) is 0 Å². The van der Waals surface area contributed by atoms with Crippen molar-refractivity contribution in [3.8, 4) is 0 Å². The fourth-order valence-corrected chi connectivity index (χ4v) is 1.75. The minimum atomic E-state index is -0.354. The van der Waals surface area contributed by atoms with Gasteiger partial charge in [0.1, 0.15) is 5.82 Å². The van der Waals surface area contributed by atoms with Crippen molar-refractivity contribution in [3.63, 3.8) is 0 Å². The number of nitrogens with one attached hydrogen (secondary N) is 2. The van der Waals surface area contributed by atoms with Crippen molar-refractivity contribution < 1.29 is 9.18 Å². The van der Waals surface area contributed by atoms with Crippen LogP contribution in [0.4, 0.5) is 15.8 Å². The first-order chi connectivity index (χ1) is 9.69.